The standard InChI is InChI=1S/C25H25N3O2S/c1-17-13-20(16-30-2)21-22(26)23(31-24(21)27-17)25(29)28(14-18-9-5-3-6-10-18)15-19-11-7-4-8-12-19/h3-13H,14-16,26H2,1-2H3. The number of hydrogen-bond acceptors (Lipinski definition) is 5. The molecule has 0 fully saturated rings. The maximum absolute atomic E-state index is 13.7. The minimum Gasteiger partial charge on any atom is -0.397 e. The molecule has 158 valence electrons. The topological polar surface area (TPSA) is 68.5 Å². The smallest absolute Gasteiger partial charge is 0.266 e. The Morgan fingerprint density at radius 2 is 1.61 bits per heavy atom. The third-order valence-corrected chi connectivity index (χ3v) is 6.21. The molecule has 0 aliphatic rings. The Hall–Kier alpha value is -3.22. The number of anilines is 1. The minimum atomic E-state index is -0.0887. The van der Waals surface area contributed by atoms with Crippen LogP contribution in [-0.4, -0.2) is 22.9 Å². The van der Waals surface area contributed by atoms with E-state index >= 15 is 0 Å². The second-order valence-electron chi connectivity index (χ2n) is 7.51. The highest BCUT2D eigenvalue weighted by molar-refractivity contribution is 7.21. The van der Waals surface area contributed by atoms with Crippen LogP contribution in [0.5, 0.6) is 0 Å². The number of carbonyl (C=O) groups excluding carboxylic acids is 1. The first-order chi connectivity index (χ1) is 15.1. The van der Waals surface area contributed by atoms with Gasteiger partial charge in [0.1, 0.15) is 9.71 Å². The predicted molar refractivity (Wildman–Crippen MR) is 126 cm³/mol. The molecule has 6 heteroatoms. The van der Waals surface area contributed by atoms with E-state index in [9.17, 15) is 4.79 Å². The number of aryl methyl sites for hydroxylation is 1. The maximum atomic E-state index is 13.7. The number of nitrogen functional groups attached to an aromatic ring is 1. The lowest BCUT2D eigenvalue weighted by Gasteiger charge is -2.23. The van der Waals surface area contributed by atoms with Gasteiger partial charge in [-0.15, -0.1) is 11.3 Å². The molecule has 4 rings (SSSR count). The van der Waals surface area contributed by atoms with Crippen LogP contribution < -0.4 is 5.73 Å². The molecule has 2 N–H and O–H groups in total. The van der Waals surface area contributed by atoms with Gasteiger partial charge in [-0.2, -0.15) is 0 Å². The quantitative estimate of drug-likeness (QED) is 0.438. The van der Waals surface area contributed by atoms with Crippen LogP contribution in [-0.2, 0) is 24.4 Å². The first kappa shape index (κ1) is 21.0. The van der Waals surface area contributed by atoms with Crippen molar-refractivity contribution in [2.24, 2.45) is 0 Å². The summed E-state index contributed by atoms with van der Waals surface area (Å²) in [6.45, 7) is 3.36. The van der Waals surface area contributed by atoms with E-state index in [2.05, 4.69) is 4.98 Å². The molecule has 0 saturated heterocycles. The van der Waals surface area contributed by atoms with Gasteiger partial charge in [-0.1, -0.05) is 60.7 Å². The van der Waals surface area contributed by atoms with E-state index in [-0.39, 0.29) is 5.91 Å². The summed E-state index contributed by atoms with van der Waals surface area (Å²) in [5.74, 6) is -0.0887. The third kappa shape index (κ3) is 4.60. The summed E-state index contributed by atoms with van der Waals surface area (Å²) in [6.07, 6.45) is 0. The molecule has 0 aliphatic carbocycles. The predicted octanol–water partition coefficient (Wildman–Crippen LogP) is 5.18. The lowest BCUT2D eigenvalue weighted by atomic mass is 10.1. The fraction of sp³-hybridized carbons (Fsp3) is 0.200. The highest BCUT2D eigenvalue weighted by Crippen LogP contribution is 2.36. The van der Waals surface area contributed by atoms with E-state index in [1.807, 2.05) is 78.6 Å². The zero-order valence-electron chi connectivity index (χ0n) is 17.7. The van der Waals surface area contributed by atoms with Crippen LogP contribution in [0.3, 0.4) is 0 Å². The number of carbonyl (C=O) groups is 1. The normalized spacial score (nSPS) is 11.0. The molecule has 0 atom stereocenters. The average Bonchev–Trinajstić information content (AvgIpc) is 3.10. The number of ether oxygens (including phenoxy) is 1. The second kappa shape index (κ2) is 9.29. The monoisotopic (exact) mass is 431 g/mol. The molecule has 2 heterocycles. The number of methoxy groups -OCH3 is 1. The van der Waals surface area contributed by atoms with Crippen molar-refractivity contribution in [3.63, 3.8) is 0 Å². The number of fused-ring (bicyclic) bond motifs is 1. The number of pyridine rings is 1. The van der Waals surface area contributed by atoms with Crippen LogP contribution in [0.15, 0.2) is 66.7 Å². The van der Waals surface area contributed by atoms with Gasteiger partial charge in [0.25, 0.3) is 5.91 Å². The molecule has 0 aliphatic heterocycles. The van der Waals surface area contributed by atoms with Crippen LogP contribution in [0.4, 0.5) is 5.69 Å². The molecule has 31 heavy (non-hydrogen) atoms. The largest absolute Gasteiger partial charge is 0.397 e. The molecule has 5 nitrogen and oxygen atoms in total. The van der Waals surface area contributed by atoms with Gasteiger partial charge >= 0.3 is 0 Å². The zero-order chi connectivity index (χ0) is 21.8. The average molecular weight is 432 g/mol. The lowest BCUT2D eigenvalue weighted by molar-refractivity contribution is 0.0736. The number of hydrogen-bond donors (Lipinski definition) is 1. The van der Waals surface area contributed by atoms with E-state index in [4.69, 9.17) is 10.5 Å². The number of aromatic nitrogens is 1. The molecule has 0 unspecified atom stereocenters. The number of nitrogens with zero attached hydrogens (tertiary/aromatic N) is 2. The van der Waals surface area contributed by atoms with Gasteiger partial charge in [0.2, 0.25) is 0 Å². The van der Waals surface area contributed by atoms with Crippen molar-refractivity contribution < 1.29 is 9.53 Å². The molecular weight excluding hydrogens is 406 g/mol. The van der Waals surface area contributed by atoms with Gasteiger partial charge < -0.3 is 15.4 Å². The van der Waals surface area contributed by atoms with Crippen LogP contribution in [0, 0.1) is 6.92 Å². The fourth-order valence-electron chi connectivity index (χ4n) is 3.72. The Balaban J connectivity index is 1.74. The van der Waals surface area contributed by atoms with Gasteiger partial charge in [-0.25, -0.2) is 4.98 Å². The van der Waals surface area contributed by atoms with Crippen LogP contribution in [0.2, 0.25) is 0 Å². The summed E-state index contributed by atoms with van der Waals surface area (Å²) in [5, 5.41) is 0.820. The summed E-state index contributed by atoms with van der Waals surface area (Å²) < 4.78 is 5.35. The summed E-state index contributed by atoms with van der Waals surface area (Å²) in [5.41, 5.74) is 11.0. The van der Waals surface area contributed by atoms with E-state index in [1.165, 1.54) is 11.3 Å². The van der Waals surface area contributed by atoms with Crippen molar-refractivity contribution >= 4 is 33.1 Å². The zero-order valence-corrected chi connectivity index (χ0v) is 18.5. The first-order valence-corrected chi connectivity index (χ1v) is 10.9. The van der Waals surface area contributed by atoms with Gasteiger partial charge in [0.15, 0.2) is 0 Å². The van der Waals surface area contributed by atoms with E-state index in [1.54, 1.807) is 7.11 Å². The Labute approximate surface area is 186 Å². The molecule has 4 aromatic rings. The summed E-state index contributed by atoms with van der Waals surface area (Å²) >= 11 is 1.35. The Morgan fingerprint density at radius 3 is 2.16 bits per heavy atom. The third-order valence-electron chi connectivity index (χ3n) is 5.12. The van der Waals surface area contributed by atoms with Crippen molar-refractivity contribution in [1.29, 1.82) is 0 Å². The Bertz CT molecular complexity index is 1150. The number of rotatable bonds is 7. The van der Waals surface area contributed by atoms with Crippen molar-refractivity contribution in [2.45, 2.75) is 26.6 Å². The Kier molecular flexibility index (Phi) is 6.30. The second-order valence-corrected chi connectivity index (χ2v) is 8.51. The number of benzene rings is 2. The summed E-state index contributed by atoms with van der Waals surface area (Å²) in [6, 6.07) is 22.0. The molecule has 2 aromatic heterocycles. The van der Waals surface area contributed by atoms with E-state index < -0.39 is 0 Å². The molecule has 0 saturated carbocycles. The SMILES string of the molecule is COCc1cc(C)nc2sc(C(=O)N(Cc3ccccc3)Cc3ccccc3)c(N)c12. The van der Waals surface area contributed by atoms with Crippen molar-refractivity contribution in [1.82, 2.24) is 9.88 Å². The van der Waals surface area contributed by atoms with E-state index in [0.29, 0.717) is 30.3 Å². The van der Waals surface area contributed by atoms with Gasteiger partial charge in [-0.05, 0) is 29.7 Å². The Morgan fingerprint density at radius 1 is 1.03 bits per heavy atom. The van der Waals surface area contributed by atoms with Crippen LogP contribution in [0.25, 0.3) is 10.2 Å². The minimum absolute atomic E-state index is 0.0887. The number of amides is 1. The first-order valence-electron chi connectivity index (χ1n) is 10.1. The highest BCUT2D eigenvalue weighted by atomic mass is 32.1. The van der Waals surface area contributed by atoms with E-state index in [0.717, 1.165) is 32.6 Å². The highest BCUT2D eigenvalue weighted by Gasteiger charge is 2.24. The van der Waals surface area contributed by atoms with Crippen LogP contribution >= 0.6 is 11.3 Å². The molecule has 0 radical (unpaired) electrons. The molecule has 1 amide bonds. The number of nitrogens with two attached hydrogens (primary N) is 1. The fourth-order valence-corrected chi connectivity index (χ4v) is 4.87. The number of thiophene rings is 1. The molecule has 2 aromatic carbocycles. The van der Waals surface area contributed by atoms with Gasteiger partial charge in [0, 0.05) is 31.3 Å². The summed E-state index contributed by atoms with van der Waals surface area (Å²) in [4.78, 5) is 21.5. The van der Waals surface area contributed by atoms with Crippen LogP contribution in [0.1, 0.15) is 32.1 Å². The van der Waals surface area contributed by atoms with Crippen molar-refractivity contribution in [3.8, 4) is 0 Å². The van der Waals surface area contributed by atoms with Gasteiger partial charge in [-0.3, -0.25) is 4.79 Å². The molecule has 0 bridgehead atoms. The molecular formula is C25H25N3O2S. The summed E-state index contributed by atoms with van der Waals surface area (Å²) in [7, 11) is 1.65. The maximum Gasteiger partial charge on any atom is 0.266 e. The lowest BCUT2D eigenvalue weighted by Crippen LogP contribution is -2.30. The van der Waals surface area contributed by atoms with Crippen molar-refractivity contribution in [3.05, 3.63) is 94.0 Å². The van der Waals surface area contributed by atoms with Gasteiger partial charge in [0.05, 0.1) is 12.3 Å². The van der Waals surface area contributed by atoms with Crippen molar-refractivity contribution in [2.75, 3.05) is 12.8 Å². The molecule has 0 spiro atoms.